The van der Waals surface area contributed by atoms with E-state index in [1.165, 1.54) is 0 Å². The van der Waals surface area contributed by atoms with Crippen LogP contribution >= 0.6 is 0 Å². The van der Waals surface area contributed by atoms with E-state index in [1.807, 2.05) is 43.3 Å². The number of carbonyl (C=O) groups excluding carboxylic acids is 2. The molecule has 6 heteroatoms. The van der Waals surface area contributed by atoms with Crippen molar-refractivity contribution in [3.8, 4) is 11.3 Å². The first-order valence-corrected chi connectivity index (χ1v) is 9.93. The van der Waals surface area contributed by atoms with Crippen molar-refractivity contribution in [1.82, 2.24) is 15.3 Å². The van der Waals surface area contributed by atoms with Gasteiger partial charge in [0.2, 0.25) is 5.91 Å². The highest BCUT2D eigenvalue weighted by Gasteiger charge is 2.13. The van der Waals surface area contributed by atoms with Crippen LogP contribution in [0.4, 0.5) is 5.69 Å². The molecule has 6 nitrogen and oxygen atoms in total. The fourth-order valence-electron chi connectivity index (χ4n) is 3.21. The third-order valence-corrected chi connectivity index (χ3v) is 5.17. The number of pyridine rings is 2. The van der Waals surface area contributed by atoms with Crippen LogP contribution in [0.25, 0.3) is 11.3 Å². The molecule has 1 N–H and O–H groups in total. The molecule has 0 aliphatic rings. The van der Waals surface area contributed by atoms with Gasteiger partial charge in [0.25, 0.3) is 5.91 Å². The number of hydrogen-bond donors (Lipinski definition) is 1. The Balaban J connectivity index is 1.74. The van der Waals surface area contributed by atoms with Crippen LogP contribution in [0.15, 0.2) is 54.9 Å². The van der Waals surface area contributed by atoms with Crippen molar-refractivity contribution >= 4 is 17.5 Å². The Morgan fingerprint density at radius 3 is 2.50 bits per heavy atom. The number of aromatic nitrogens is 2. The monoisotopic (exact) mass is 402 g/mol. The molecule has 0 bridgehead atoms. The van der Waals surface area contributed by atoms with E-state index in [-0.39, 0.29) is 11.8 Å². The van der Waals surface area contributed by atoms with Gasteiger partial charge in [0.15, 0.2) is 0 Å². The first kappa shape index (κ1) is 21.2. The van der Waals surface area contributed by atoms with Gasteiger partial charge in [-0.05, 0) is 54.8 Å². The summed E-state index contributed by atoms with van der Waals surface area (Å²) in [6, 6.07) is 13.3. The fourth-order valence-corrected chi connectivity index (χ4v) is 3.21. The molecular formula is C24H26N4O2. The summed E-state index contributed by atoms with van der Waals surface area (Å²) in [6.45, 7) is 5.95. The lowest BCUT2D eigenvalue weighted by molar-refractivity contribution is -0.116. The molecule has 0 atom stereocenters. The molecule has 0 radical (unpaired) electrons. The Hall–Kier alpha value is -3.54. The van der Waals surface area contributed by atoms with Gasteiger partial charge in [-0.1, -0.05) is 19.1 Å². The van der Waals surface area contributed by atoms with Gasteiger partial charge < -0.3 is 10.2 Å². The van der Waals surface area contributed by atoms with Gasteiger partial charge in [-0.3, -0.25) is 19.6 Å². The van der Waals surface area contributed by atoms with Crippen LogP contribution in [-0.4, -0.2) is 28.8 Å². The van der Waals surface area contributed by atoms with Gasteiger partial charge in [-0.25, -0.2) is 0 Å². The largest absolute Gasteiger partial charge is 0.348 e. The fraction of sp³-hybridized carbons (Fsp3) is 0.250. The summed E-state index contributed by atoms with van der Waals surface area (Å²) in [7, 11) is 1.77. The highest BCUT2D eigenvalue weighted by Crippen LogP contribution is 2.27. The van der Waals surface area contributed by atoms with Crippen molar-refractivity contribution < 1.29 is 9.59 Å². The topological polar surface area (TPSA) is 75.2 Å². The average Bonchev–Trinajstić information content (AvgIpc) is 2.77. The van der Waals surface area contributed by atoms with E-state index in [9.17, 15) is 9.59 Å². The van der Waals surface area contributed by atoms with Crippen molar-refractivity contribution in [3.05, 3.63) is 77.2 Å². The Morgan fingerprint density at radius 1 is 1.07 bits per heavy atom. The number of hydrogen-bond acceptors (Lipinski definition) is 4. The zero-order valence-electron chi connectivity index (χ0n) is 17.8. The maximum atomic E-state index is 12.5. The first-order chi connectivity index (χ1) is 14.4. The summed E-state index contributed by atoms with van der Waals surface area (Å²) in [5.74, 6) is -0.183. The number of nitrogens with one attached hydrogen (secondary N) is 1. The molecule has 30 heavy (non-hydrogen) atoms. The molecule has 2 amide bonds. The van der Waals surface area contributed by atoms with E-state index in [0.717, 1.165) is 40.2 Å². The Labute approximate surface area is 177 Å². The molecule has 3 rings (SSSR count). The lowest BCUT2D eigenvalue weighted by Crippen LogP contribution is -2.24. The van der Waals surface area contributed by atoms with E-state index >= 15 is 0 Å². The van der Waals surface area contributed by atoms with Crippen LogP contribution in [0.1, 0.15) is 41.0 Å². The standard InChI is InChI=1S/C24H26N4O2/c1-5-18-13-19(9-11-23(18)28(4)17(3)29)22-10-8-21(15-26-22)24(30)27-14-20-7-6-12-25-16(20)2/h6-13,15H,5,14H2,1-4H3,(H,27,30). The third-order valence-electron chi connectivity index (χ3n) is 5.17. The van der Waals surface area contributed by atoms with Crippen LogP contribution in [-0.2, 0) is 17.8 Å². The van der Waals surface area contributed by atoms with Gasteiger partial charge in [-0.2, -0.15) is 0 Å². The Kier molecular flexibility index (Phi) is 6.57. The second kappa shape index (κ2) is 9.31. The highest BCUT2D eigenvalue weighted by molar-refractivity contribution is 5.94. The number of benzene rings is 1. The predicted octanol–water partition coefficient (Wildman–Crippen LogP) is 3.93. The second-order valence-electron chi connectivity index (χ2n) is 7.14. The molecule has 0 spiro atoms. The smallest absolute Gasteiger partial charge is 0.253 e. The van der Waals surface area contributed by atoms with Crippen molar-refractivity contribution in [2.45, 2.75) is 33.7 Å². The molecule has 154 valence electrons. The van der Waals surface area contributed by atoms with Gasteiger partial charge in [0.05, 0.1) is 11.3 Å². The minimum Gasteiger partial charge on any atom is -0.348 e. The Bertz CT molecular complexity index is 1060. The molecular weight excluding hydrogens is 376 g/mol. The number of rotatable bonds is 6. The zero-order valence-corrected chi connectivity index (χ0v) is 17.8. The first-order valence-electron chi connectivity index (χ1n) is 9.93. The lowest BCUT2D eigenvalue weighted by Gasteiger charge is -2.19. The predicted molar refractivity (Wildman–Crippen MR) is 118 cm³/mol. The van der Waals surface area contributed by atoms with E-state index in [2.05, 4.69) is 22.2 Å². The quantitative estimate of drug-likeness (QED) is 0.678. The van der Waals surface area contributed by atoms with Crippen LogP contribution in [0.5, 0.6) is 0 Å². The van der Waals surface area contributed by atoms with E-state index < -0.39 is 0 Å². The zero-order chi connectivity index (χ0) is 21.7. The third kappa shape index (κ3) is 4.71. The maximum absolute atomic E-state index is 12.5. The minimum absolute atomic E-state index is 0.00702. The number of carbonyl (C=O) groups is 2. The molecule has 0 saturated heterocycles. The van der Waals surface area contributed by atoms with Crippen molar-refractivity contribution in [2.75, 3.05) is 11.9 Å². The summed E-state index contributed by atoms with van der Waals surface area (Å²) in [5, 5.41) is 2.91. The SMILES string of the molecule is CCc1cc(-c2ccc(C(=O)NCc3cccnc3C)cn2)ccc1N(C)C(C)=O. The van der Waals surface area contributed by atoms with E-state index in [4.69, 9.17) is 0 Å². The van der Waals surface area contributed by atoms with Crippen molar-refractivity contribution in [1.29, 1.82) is 0 Å². The van der Waals surface area contributed by atoms with Crippen LogP contribution in [0.3, 0.4) is 0 Å². The molecule has 0 fully saturated rings. The molecule has 0 saturated carbocycles. The summed E-state index contributed by atoms with van der Waals surface area (Å²) < 4.78 is 0. The van der Waals surface area contributed by atoms with E-state index in [0.29, 0.717) is 12.1 Å². The summed E-state index contributed by atoms with van der Waals surface area (Å²) >= 11 is 0. The summed E-state index contributed by atoms with van der Waals surface area (Å²) in [4.78, 5) is 34.5. The molecule has 2 aromatic heterocycles. The molecule has 0 aliphatic carbocycles. The van der Waals surface area contributed by atoms with E-state index in [1.54, 1.807) is 37.3 Å². The maximum Gasteiger partial charge on any atom is 0.253 e. The molecule has 0 aliphatic heterocycles. The summed E-state index contributed by atoms with van der Waals surface area (Å²) in [5.41, 5.74) is 6.09. The number of nitrogens with zero attached hydrogens (tertiary/aromatic N) is 3. The number of amides is 2. The van der Waals surface area contributed by atoms with Gasteiger partial charge in [0, 0.05) is 49.9 Å². The molecule has 1 aromatic carbocycles. The molecule has 3 aromatic rings. The van der Waals surface area contributed by atoms with Crippen molar-refractivity contribution in [3.63, 3.8) is 0 Å². The highest BCUT2D eigenvalue weighted by atomic mass is 16.2. The van der Waals surface area contributed by atoms with Crippen molar-refractivity contribution in [2.24, 2.45) is 0 Å². The molecule has 2 heterocycles. The van der Waals surface area contributed by atoms with Crippen LogP contribution in [0, 0.1) is 6.92 Å². The minimum atomic E-state index is -0.176. The van der Waals surface area contributed by atoms with Crippen LogP contribution in [0.2, 0.25) is 0 Å². The van der Waals surface area contributed by atoms with Gasteiger partial charge in [0.1, 0.15) is 0 Å². The Morgan fingerprint density at radius 2 is 1.87 bits per heavy atom. The lowest BCUT2D eigenvalue weighted by atomic mass is 10.0. The number of anilines is 1. The van der Waals surface area contributed by atoms with Gasteiger partial charge >= 0.3 is 0 Å². The van der Waals surface area contributed by atoms with Gasteiger partial charge in [-0.15, -0.1) is 0 Å². The normalized spacial score (nSPS) is 10.5. The van der Waals surface area contributed by atoms with Crippen LogP contribution < -0.4 is 10.2 Å². The summed E-state index contributed by atoms with van der Waals surface area (Å²) in [6.07, 6.45) is 4.12. The number of aryl methyl sites for hydroxylation is 2. The second-order valence-corrected chi connectivity index (χ2v) is 7.14. The average molecular weight is 402 g/mol. The molecule has 0 unspecified atom stereocenters.